The average Bonchev–Trinajstić information content (AvgIpc) is 3.46. The Morgan fingerprint density at radius 3 is 2.17 bits per heavy atom. The van der Waals surface area contributed by atoms with Gasteiger partial charge in [0.2, 0.25) is 0 Å². The Bertz CT molecular complexity index is 1310. The first-order valence-electron chi connectivity index (χ1n) is 11.9. The van der Waals surface area contributed by atoms with Gasteiger partial charge in [0.1, 0.15) is 11.5 Å². The first kappa shape index (κ1) is 32.6. The molecule has 3 N–H and O–H groups in total. The van der Waals surface area contributed by atoms with Crippen molar-refractivity contribution in [3.63, 3.8) is 0 Å². The summed E-state index contributed by atoms with van der Waals surface area (Å²) in [4.78, 5) is 30.6. The summed E-state index contributed by atoms with van der Waals surface area (Å²) in [6.45, 7) is 4.20. The zero-order valence-electron chi connectivity index (χ0n) is 21.6. The third-order valence-corrected chi connectivity index (χ3v) is 7.46. The Morgan fingerprint density at radius 2 is 1.71 bits per heavy atom. The highest BCUT2D eigenvalue weighted by molar-refractivity contribution is 7.17. The van der Waals surface area contributed by atoms with E-state index in [4.69, 9.17) is 0 Å². The average molecular weight is 622 g/mol. The van der Waals surface area contributed by atoms with Gasteiger partial charge in [-0.3, -0.25) is 9.59 Å². The fourth-order valence-electron chi connectivity index (χ4n) is 4.24. The van der Waals surface area contributed by atoms with Crippen molar-refractivity contribution in [2.45, 2.75) is 69.6 Å². The van der Waals surface area contributed by atoms with Gasteiger partial charge in [-0.05, 0) is 33.6 Å². The zero-order chi connectivity index (χ0) is 31.3. The number of carbonyl (C=O) groups excluding carboxylic acids is 2. The van der Waals surface area contributed by atoms with E-state index >= 15 is 4.39 Å². The number of benzene rings is 1. The van der Waals surface area contributed by atoms with Crippen LogP contribution in [0.4, 0.5) is 39.5 Å². The van der Waals surface area contributed by atoms with Gasteiger partial charge < -0.3 is 20.4 Å². The molecule has 0 unspecified atom stereocenters. The summed E-state index contributed by atoms with van der Waals surface area (Å²) >= 11 is 0.265. The van der Waals surface area contributed by atoms with Gasteiger partial charge in [-0.15, -0.1) is 11.3 Å². The summed E-state index contributed by atoms with van der Waals surface area (Å²) in [5, 5.41) is 21.2. The number of hydrogen-bond donors (Lipinski definition) is 3. The molecule has 1 fully saturated rings. The summed E-state index contributed by atoms with van der Waals surface area (Å²) < 4.78 is 124. The molecule has 3 rings (SSSR count). The lowest BCUT2D eigenvalue weighted by Gasteiger charge is -2.33. The van der Waals surface area contributed by atoms with Crippen molar-refractivity contribution in [1.82, 2.24) is 15.2 Å². The minimum Gasteiger partial charge on any atom is -0.389 e. The summed E-state index contributed by atoms with van der Waals surface area (Å²) in [5.74, 6) is -4.59. The largest absolute Gasteiger partial charge is 0.430 e. The first-order valence-corrected chi connectivity index (χ1v) is 12.7. The second kappa shape index (κ2) is 11.1. The predicted molar refractivity (Wildman–Crippen MR) is 127 cm³/mol. The Morgan fingerprint density at radius 1 is 1.12 bits per heavy atom. The molecule has 2 aromatic rings. The summed E-state index contributed by atoms with van der Waals surface area (Å²) in [7, 11) is 0. The van der Waals surface area contributed by atoms with E-state index in [1.165, 1.54) is 18.7 Å². The smallest absolute Gasteiger partial charge is 0.389 e. The number of amides is 2. The van der Waals surface area contributed by atoms with Gasteiger partial charge in [-0.1, -0.05) is 12.1 Å². The van der Waals surface area contributed by atoms with E-state index in [0.717, 1.165) is 0 Å². The maximum atomic E-state index is 15.3. The molecular weight excluding hydrogens is 597 g/mol. The fourth-order valence-corrected chi connectivity index (χ4v) is 5.25. The van der Waals surface area contributed by atoms with Crippen LogP contribution in [0.5, 0.6) is 0 Å². The molecule has 1 aromatic carbocycles. The Hall–Kier alpha value is -2.92. The Labute approximate surface area is 231 Å². The highest BCUT2D eigenvalue weighted by Gasteiger charge is 2.72. The van der Waals surface area contributed by atoms with Crippen molar-refractivity contribution >= 4 is 23.2 Å². The van der Waals surface area contributed by atoms with Crippen LogP contribution in [-0.4, -0.2) is 69.0 Å². The standard InChI is InChI=1S/C24H24F9N3O4S/c1-10-5-4-8-36(10)20(38)15-16(41-19(35-15)18(37)34-9-21(2,3)39)11-6-7-12(14(25)13(11)17(26)27)22(40,23(28,29)30)24(31,32)33/h6-7,10,17,39-40H,4-5,8-9H2,1-3H3,(H,34,37)/t10-/m0/s1. The Kier molecular flexibility index (Phi) is 8.79. The van der Waals surface area contributed by atoms with Gasteiger partial charge in [0.05, 0.1) is 16.0 Å². The normalized spacial score (nSPS) is 17.0. The topological polar surface area (TPSA) is 103 Å². The maximum absolute atomic E-state index is 15.3. The van der Waals surface area contributed by atoms with Gasteiger partial charge in [0, 0.05) is 30.3 Å². The molecule has 17 heteroatoms. The van der Waals surface area contributed by atoms with Crippen molar-refractivity contribution in [3.05, 3.63) is 39.8 Å². The molecule has 41 heavy (non-hydrogen) atoms. The molecule has 0 spiro atoms. The lowest BCUT2D eigenvalue weighted by atomic mass is 9.88. The Balaban J connectivity index is 2.28. The number of likely N-dealkylation sites (tertiary alicyclic amines) is 1. The molecule has 7 nitrogen and oxygen atoms in total. The van der Waals surface area contributed by atoms with Crippen LogP contribution in [0, 0.1) is 5.82 Å². The van der Waals surface area contributed by atoms with E-state index < -0.39 is 79.9 Å². The van der Waals surface area contributed by atoms with Gasteiger partial charge in [0.25, 0.3) is 23.8 Å². The van der Waals surface area contributed by atoms with E-state index in [2.05, 4.69) is 10.3 Å². The summed E-state index contributed by atoms with van der Waals surface area (Å²) in [6, 6.07) is -0.247. The van der Waals surface area contributed by atoms with E-state index in [1.807, 2.05) is 0 Å². The van der Waals surface area contributed by atoms with E-state index in [9.17, 15) is 54.9 Å². The van der Waals surface area contributed by atoms with Gasteiger partial charge >= 0.3 is 12.4 Å². The van der Waals surface area contributed by atoms with Crippen molar-refractivity contribution in [2.24, 2.45) is 0 Å². The molecule has 0 aliphatic carbocycles. The van der Waals surface area contributed by atoms with E-state index in [1.54, 1.807) is 6.92 Å². The second-order valence-electron chi connectivity index (χ2n) is 10.1. The van der Waals surface area contributed by atoms with Gasteiger partial charge in [0.15, 0.2) is 5.01 Å². The second-order valence-corrected chi connectivity index (χ2v) is 11.1. The molecule has 1 aromatic heterocycles. The van der Waals surface area contributed by atoms with Crippen molar-refractivity contribution < 1.29 is 59.3 Å². The van der Waals surface area contributed by atoms with Crippen LogP contribution in [0.3, 0.4) is 0 Å². The maximum Gasteiger partial charge on any atom is 0.430 e. The van der Waals surface area contributed by atoms with Crippen LogP contribution in [0.25, 0.3) is 10.4 Å². The molecular formula is C24H24F9N3O4S. The summed E-state index contributed by atoms with van der Waals surface area (Å²) in [6.07, 6.45) is -16.1. The molecule has 228 valence electrons. The van der Waals surface area contributed by atoms with Crippen LogP contribution < -0.4 is 5.32 Å². The third kappa shape index (κ3) is 6.16. The molecule has 1 aliphatic heterocycles. The SMILES string of the molecule is C[C@H]1CCCN1C(=O)c1nc(C(=O)NCC(C)(C)O)sc1-c1ccc(C(O)(C(F)(F)F)C(F)(F)F)c(F)c1C(F)F. The van der Waals surface area contributed by atoms with Gasteiger partial charge in [-0.25, -0.2) is 18.2 Å². The highest BCUT2D eigenvalue weighted by Crippen LogP contribution is 2.52. The number of halogens is 9. The van der Waals surface area contributed by atoms with Crippen LogP contribution >= 0.6 is 11.3 Å². The highest BCUT2D eigenvalue weighted by atomic mass is 32.1. The van der Waals surface area contributed by atoms with Crippen LogP contribution in [-0.2, 0) is 5.60 Å². The molecule has 2 heterocycles. The number of rotatable bonds is 7. The lowest BCUT2D eigenvalue weighted by molar-refractivity contribution is -0.377. The van der Waals surface area contributed by atoms with Crippen molar-refractivity contribution in [1.29, 1.82) is 0 Å². The molecule has 0 bridgehead atoms. The van der Waals surface area contributed by atoms with Gasteiger partial charge in [-0.2, -0.15) is 26.3 Å². The minimum absolute atomic E-state index is 0.155. The zero-order valence-corrected chi connectivity index (χ0v) is 22.4. The molecule has 0 saturated carbocycles. The number of hydrogen-bond acceptors (Lipinski definition) is 6. The predicted octanol–water partition coefficient (Wildman–Crippen LogP) is 5.32. The molecule has 0 radical (unpaired) electrons. The van der Waals surface area contributed by atoms with Crippen LogP contribution in [0.1, 0.15) is 71.5 Å². The third-order valence-electron chi connectivity index (χ3n) is 6.37. The van der Waals surface area contributed by atoms with Crippen molar-refractivity contribution in [3.8, 4) is 10.4 Å². The number of nitrogens with one attached hydrogen (secondary N) is 1. The number of thiazole rings is 1. The van der Waals surface area contributed by atoms with Crippen molar-refractivity contribution in [2.75, 3.05) is 13.1 Å². The molecule has 1 saturated heterocycles. The van der Waals surface area contributed by atoms with E-state index in [0.29, 0.717) is 12.8 Å². The number of carbonyl (C=O) groups is 2. The number of aromatic nitrogens is 1. The van der Waals surface area contributed by atoms with Crippen LogP contribution in [0.15, 0.2) is 12.1 Å². The number of alkyl halides is 8. The monoisotopic (exact) mass is 621 g/mol. The first-order chi connectivity index (χ1) is 18.6. The summed E-state index contributed by atoms with van der Waals surface area (Å²) in [5.41, 5.74) is -13.4. The quantitative estimate of drug-likeness (QED) is 0.363. The molecule has 1 aliphatic rings. The van der Waals surface area contributed by atoms with Crippen LogP contribution in [0.2, 0.25) is 0 Å². The van der Waals surface area contributed by atoms with E-state index in [-0.39, 0.29) is 42.6 Å². The minimum atomic E-state index is -6.56. The lowest BCUT2D eigenvalue weighted by Crippen LogP contribution is -2.54. The number of nitrogens with zero attached hydrogens (tertiary/aromatic N) is 2. The molecule has 1 atom stereocenters. The number of aliphatic hydroxyl groups is 2. The molecule has 2 amide bonds. The fraction of sp³-hybridized carbons (Fsp3) is 0.542.